The van der Waals surface area contributed by atoms with Crippen molar-refractivity contribution in [3.05, 3.63) is 28.5 Å². The zero-order valence-electron chi connectivity index (χ0n) is 9.45. The van der Waals surface area contributed by atoms with E-state index in [1.54, 1.807) is 5.38 Å². The van der Waals surface area contributed by atoms with Crippen molar-refractivity contribution >= 4 is 28.9 Å². The Morgan fingerprint density at radius 2 is 2.33 bits per heavy atom. The van der Waals surface area contributed by atoms with Crippen molar-refractivity contribution in [2.45, 2.75) is 13.5 Å². The number of carbonyl (C=O) groups is 2. The number of carbonyl (C=O) groups excluding carboxylic acids is 1. The number of aryl methyl sites for hydroxylation is 1. The van der Waals surface area contributed by atoms with E-state index in [1.165, 1.54) is 28.4 Å². The zero-order chi connectivity index (χ0) is 13.1. The number of hydrogen-bond acceptors (Lipinski definition) is 5. The maximum Gasteiger partial charge on any atom is 0.325 e. The highest BCUT2D eigenvalue weighted by Crippen LogP contribution is 2.11. The van der Waals surface area contributed by atoms with Crippen LogP contribution in [0, 0.1) is 6.92 Å². The summed E-state index contributed by atoms with van der Waals surface area (Å²) in [6, 6.07) is 0. The lowest BCUT2D eigenvalue weighted by Crippen LogP contribution is -2.12. The monoisotopic (exact) mass is 266 g/mol. The molecule has 2 N–H and O–H groups in total. The van der Waals surface area contributed by atoms with Gasteiger partial charge in [-0.2, -0.15) is 5.10 Å². The summed E-state index contributed by atoms with van der Waals surface area (Å²) < 4.78 is 1.23. The summed E-state index contributed by atoms with van der Waals surface area (Å²) in [5, 5.41) is 17.5. The van der Waals surface area contributed by atoms with Crippen molar-refractivity contribution in [2.75, 3.05) is 5.32 Å². The molecule has 8 heteroatoms. The first-order valence-corrected chi connectivity index (χ1v) is 5.90. The van der Waals surface area contributed by atoms with E-state index in [-0.39, 0.29) is 12.5 Å². The van der Waals surface area contributed by atoms with Gasteiger partial charge in [0.15, 0.2) is 0 Å². The maximum atomic E-state index is 11.7. The summed E-state index contributed by atoms with van der Waals surface area (Å²) in [7, 11) is 0. The van der Waals surface area contributed by atoms with E-state index in [9.17, 15) is 9.59 Å². The van der Waals surface area contributed by atoms with E-state index >= 15 is 0 Å². The largest absolute Gasteiger partial charge is 0.480 e. The van der Waals surface area contributed by atoms with Gasteiger partial charge in [0.1, 0.15) is 12.2 Å². The first-order chi connectivity index (χ1) is 8.54. The lowest BCUT2D eigenvalue weighted by molar-refractivity contribution is -0.137. The van der Waals surface area contributed by atoms with Gasteiger partial charge in [-0.15, -0.1) is 11.3 Å². The highest BCUT2D eigenvalue weighted by molar-refractivity contribution is 7.09. The molecule has 7 nitrogen and oxygen atoms in total. The summed E-state index contributed by atoms with van der Waals surface area (Å²) in [6.45, 7) is 1.57. The Kier molecular flexibility index (Phi) is 3.38. The fourth-order valence-corrected chi connectivity index (χ4v) is 1.91. The van der Waals surface area contributed by atoms with E-state index in [0.717, 1.165) is 5.01 Å². The van der Waals surface area contributed by atoms with Crippen molar-refractivity contribution in [3.63, 3.8) is 0 Å². The second kappa shape index (κ2) is 4.96. The Bertz CT molecular complexity index is 589. The summed E-state index contributed by atoms with van der Waals surface area (Å²) in [5.74, 6) is -1.33. The maximum absolute atomic E-state index is 11.7. The van der Waals surface area contributed by atoms with Gasteiger partial charge in [0.2, 0.25) is 0 Å². The molecule has 2 heterocycles. The first kappa shape index (κ1) is 12.2. The third kappa shape index (κ3) is 2.92. The summed E-state index contributed by atoms with van der Waals surface area (Å²) in [5.41, 5.74) is 0.774. The minimum Gasteiger partial charge on any atom is -0.480 e. The van der Waals surface area contributed by atoms with Gasteiger partial charge < -0.3 is 10.4 Å². The van der Waals surface area contributed by atoms with Crippen LogP contribution in [0.25, 0.3) is 0 Å². The summed E-state index contributed by atoms with van der Waals surface area (Å²) in [6.07, 6.45) is 2.84. The zero-order valence-corrected chi connectivity index (χ0v) is 10.3. The molecule has 0 radical (unpaired) electrons. The minimum atomic E-state index is -0.994. The van der Waals surface area contributed by atoms with Gasteiger partial charge >= 0.3 is 5.97 Å². The molecule has 0 aliphatic rings. The topological polar surface area (TPSA) is 97.1 Å². The Hall–Kier alpha value is -2.22. The van der Waals surface area contributed by atoms with Crippen LogP contribution in [0.4, 0.5) is 5.69 Å². The van der Waals surface area contributed by atoms with E-state index in [2.05, 4.69) is 15.4 Å². The molecule has 0 unspecified atom stereocenters. The third-order valence-corrected chi connectivity index (χ3v) is 2.81. The van der Waals surface area contributed by atoms with Crippen LogP contribution in [0.1, 0.15) is 15.5 Å². The molecule has 0 bridgehead atoms. The molecular weight excluding hydrogens is 256 g/mol. The van der Waals surface area contributed by atoms with Crippen molar-refractivity contribution < 1.29 is 14.7 Å². The molecule has 0 atom stereocenters. The number of anilines is 1. The number of nitrogens with one attached hydrogen (secondary N) is 1. The molecule has 0 saturated heterocycles. The van der Waals surface area contributed by atoms with E-state index in [0.29, 0.717) is 11.4 Å². The second-order valence-electron chi connectivity index (χ2n) is 3.53. The number of thiazole rings is 1. The highest BCUT2D eigenvalue weighted by Gasteiger charge is 2.11. The van der Waals surface area contributed by atoms with Crippen LogP contribution >= 0.6 is 11.3 Å². The minimum absolute atomic E-state index is 0.244. The van der Waals surface area contributed by atoms with Gasteiger partial charge in [-0.3, -0.25) is 14.3 Å². The molecule has 2 aromatic rings. The lowest BCUT2D eigenvalue weighted by atomic mass is 10.4. The number of aliphatic carboxylic acids is 1. The van der Waals surface area contributed by atoms with E-state index in [1.807, 2.05) is 6.92 Å². The molecule has 0 aliphatic carbocycles. The van der Waals surface area contributed by atoms with E-state index < -0.39 is 5.97 Å². The molecule has 2 aromatic heterocycles. The van der Waals surface area contributed by atoms with Crippen LogP contribution in [0.2, 0.25) is 0 Å². The summed E-state index contributed by atoms with van der Waals surface area (Å²) >= 11 is 1.39. The Morgan fingerprint density at radius 1 is 1.56 bits per heavy atom. The third-order valence-electron chi connectivity index (χ3n) is 2.04. The fraction of sp³-hybridized carbons (Fsp3) is 0.200. The van der Waals surface area contributed by atoms with Crippen molar-refractivity contribution in [1.29, 1.82) is 0 Å². The van der Waals surface area contributed by atoms with E-state index in [4.69, 9.17) is 5.11 Å². The van der Waals surface area contributed by atoms with Gasteiger partial charge in [0, 0.05) is 11.6 Å². The molecule has 0 aromatic carbocycles. The molecule has 18 heavy (non-hydrogen) atoms. The Morgan fingerprint density at radius 3 is 2.94 bits per heavy atom. The Labute approximate surface area is 106 Å². The highest BCUT2D eigenvalue weighted by atomic mass is 32.1. The fourth-order valence-electron chi connectivity index (χ4n) is 1.32. The van der Waals surface area contributed by atoms with Crippen LogP contribution in [0.5, 0.6) is 0 Å². The Balaban J connectivity index is 2.03. The molecular formula is C10H10N4O3S. The number of aromatic nitrogens is 3. The van der Waals surface area contributed by atoms with Gasteiger partial charge in [-0.05, 0) is 6.92 Å². The van der Waals surface area contributed by atoms with Crippen LogP contribution < -0.4 is 5.32 Å². The number of rotatable bonds is 4. The lowest BCUT2D eigenvalue weighted by Gasteiger charge is -1.98. The second-order valence-corrected chi connectivity index (χ2v) is 4.59. The molecule has 0 spiro atoms. The first-order valence-electron chi connectivity index (χ1n) is 5.02. The van der Waals surface area contributed by atoms with Gasteiger partial charge in [-0.25, -0.2) is 4.98 Å². The summed E-state index contributed by atoms with van der Waals surface area (Å²) in [4.78, 5) is 26.3. The van der Waals surface area contributed by atoms with Gasteiger partial charge in [0.25, 0.3) is 5.91 Å². The van der Waals surface area contributed by atoms with Gasteiger partial charge in [-0.1, -0.05) is 0 Å². The quantitative estimate of drug-likeness (QED) is 0.860. The van der Waals surface area contributed by atoms with Crippen molar-refractivity contribution in [1.82, 2.24) is 14.8 Å². The van der Waals surface area contributed by atoms with Crippen LogP contribution in [-0.4, -0.2) is 31.7 Å². The SMILES string of the molecule is Cc1nc(C(=O)Nc2cnn(CC(=O)O)c2)cs1. The van der Waals surface area contributed by atoms with Gasteiger partial charge in [0.05, 0.1) is 16.9 Å². The molecule has 0 aliphatic heterocycles. The molecule has 0 saturated carbocycles. The normalized spacial score (nSPS) is 10.3. The number of carboxylic acids is 1. The van der Waals surface area contributed by atoms with Crippen molar-refractivity contribution in [2.24, 2.45) is 0 Å². The van der Waals surface area contributed by atoms with Crippen LogP contribution in [0.15, 0.2) is 17.8 Å². The number of amides is 1. The number of hydrogen-bond donors (Lipinski definition) is 2. The molecule has 0 fully saturated rings. The smallest absolute Gasteiger partial charge is 0.325 e. The predicted octanol–water partition coefficient (Wildman–Crippen LogP) is 0.985. The average Bonchev–Trinajstić information content (AvgIpc) is 2.87. The van der Waals surface area contributed by atoms with Crippen LogP contribution in [-0.2, 0) is 11.3 Å². The molecule has 94 valence electrons. The average molecular weight is 266 g/mol. The molecule has 1 amide bonds. The number of nitrogens with zero attached hydrogens (tertiary/aromatic N) is 3. The predicted molar refractivity (Wildman–Crippen MR) is 64.7 cm³/mol. The van der Waals surface area contributed by atoms with Crippen LogP contribution in [0.3, 0.4) is 0 Å². The number of carboxylic acid groups (broad SMARTS) is 1. The standard InChI is InChI=1S/C10H10N4O3S/c1-6-12-8(5-18-6)10(17)13-7-2-11-14(3-7)4-9(15)16/h2-3,5H,4H2,1H3,(H,13,17)(H,15,16). The van der Waals surface area contributed by atoms with Crippen molar-refractivity contribution in [3.8, 4) is 0 Å². The molecule has 2 rings (SSSR count).